The molecule has 0 unspecified atom stereocenters. The minimum atomic E-state index is -1.29. The van der Waals surface area contributed by atoms with Crippen LogP contribution in [0.4, 0.5) is 11.4 Å². The summed E-state index contributed by atoms with van der Waals surface area (Å²) in [6, 6.07) is 5.32. The summed E-state index contributed by atoms with van der Waals surface area (Å²) >= 11 is 6.12. The molecule has 1 amide bonds. The van der Waals surface area contributed by atoms with Gasteiger partial charge in [0.2, 0.25) is 5.91 Å². The lowest BCUT2D eigenvalue weighted by atomic mass is 10.2. The molecule has 0 atom stereocenters. The lowest BCUT2D eigenvalue weighted by Gasteiger charge is -2.36. The lowest BCUT2D eigenvalue weighted by Crippen LogP contribution is -2.48. The Hall–Kier alpha value is -2.74. The zero-order chi connectivity index (χ0) is 20.5. The summed E-state index contributed by atoms with van der Waals surface area (Å²) in [5.74, 6) is -2.75. The molecule has 2 heterocycles. The van der Waals surface area contributed by atoms with Gasteiger partial charge in [-0.25, -0.2) is 9.59 Å². The Bertz CT molecular complexity index is 822. The van der Waals surface area contributed by atoms with Gasteiger partial charge in [0.25, 0.3) is 5.79 Å². The van der Waals surface area contributed by atoms with Crippen LogP contribution in [-0.4, -0.2) is 54.7 Å². The Balaban J connectivity index is 1.79. The Labute approximate surface area is 168 Å². The number of cyclic esters (lactones) is 2. The highest BCUT2D eigenvalue weighted by molar-refractivity contribution is 6.31. The highest BCUT2D eigenvalue weighted by atomic mass is 35.5. The van der Waals surface area contributed by atoms with Crippen molar-refractivity contribution in [2.75, 3.05) is 36.4 Å². The molecular formula is C19H22ClN3O5. The minimum Gasteiger partial charge on any atom is -0.419 e. The molecule has 150 valence electrons. The number of hydrogen-bond donors (Lipinski definition) is 1. The van der Waals surface area contributed by atoms with Gasteiger partial charge in [-0.05, 0) is 18.2 Å². The molecule has 0 saturated carbocycles. The quantitative estimate of drug-likeness (QED) is 0.466. The number of halogens is 1. The fraction of sp³-hybridized carbons (Fsp3) is 0.421. The number of ether oxygens (including phenoxy) is 2. The molecule has 0 aliphatic carbocycles. The summed E-state index contributed by atoms with van der Waals surface area (Å²) in [5.41, 5.74) is 1.25. The first-order chi connectivity index (χ1) is 13.2. The summed E-state index contributed by atoms with van der Waals surface area (Å²) in [5, 5.41) is 3.47. The molecular weight excluding hydrogens is 386 g/mol. The van der Waals surface area contributed by atoms with E-state index in [-0.39, 0.29) is 11.5 Å². The van der Waals surface area contributed by atoms with E-state index in [1.165, 1.54) is 20.0 Å². The molecule has 3 rings (SSSR count). The Morgan fingerprint density at radius 2 is 1.75 bits per heavy atom. The Morgan fingerprint density at radius 1 is 1.14 bits per heavy atom. The maximum absolute atomic E-state index is 12.1. The van der Waals surface area contributed by atoms with Gasteiger partial charge in [0.1, 0.15) is 0 Å². The monoisotopic (exact) mass is 407 g/mol. The standard InChI is InChI=1S/C19H22ClN3O5/c1-12(24)22-6-8-23(9-7-22)16-5-4-13(20)10-15(16)21-11-14-17(25)27-19(2,3)28-18(14)26/h4-5,10-11,21H,6-9H2,1-3H3. The molecule has 2 saturated heterocycles. The third-order valence-electron chi connectivity index (χ3n) is 4.51. The van der Waals surface area contributed by atoms with Gasteiger partial charge < -0.3 is 24.6 Å². The van der Waals surface area contributed by atoms with Crippen molar-refractivity contribution in [2.24, 2.45) is 0 Å². The third kappa shape index (κ3) is 4.39. The minimum absolute atomic E-state index is 0.0519. The molecule has 1 aromatic carbocycles. The second-order valence-corrected chi connectivity index (χ2v) is 7.47. The van der Waals surface area contributed by atoms with E-state index >= 15 is 0 Å². The largest absolute Gasteiger partial charge is 0.419 e. The number of carbonyl (C=O) groups excluding carboxylic acids is 3. The van der Waals surface area contributed by atoms with E-state index in [1.54, 1.807) is 24.0 Å². The fourth-order valence-electron chi connectivity index (χ4n) is 3.09. The summed E-state index contributed by atoms with van der Waals surface area (Å²) in [4.78, 5) is 39.6. The van der Waals surface area contributed by atoms with Crippen molar-refractivity contribution < 1.29 is 23.9 Å². The van der Waals surface area contributed by atoms with Gasteiger partial charge in [0, 0.05) is 58.2 Å². The van der Waals surface area contributed by atoms with Crippen molar-refractivity contribution >= 4 is 40.8 Å². The summed E-state index contributed by atoms with van der Waals surface area (Å²) in [6.45, 7) is 7.08. The van der Waals surface area contributed by atoms with Crippen LogP contribution in [0.15, 0.2) is 30.0 Å². The van der Waals surface area contributed by atoms with Crippen LogP contribution in [0.5, 0.6) is 0 Å². The van der Waals surface area contributed by atoms with E-state index < -0.39 is 17.7 Å². The van der Waals surface area contributed by atoms with Crippen LogP contribution >= 0.6 is 11.6 Å². The molecule has 9 heteroatoms. The van der Waals surface area contributed by atoms with E-state index in [2.05, 4.69) is 10.2 Å². The average molecular weight is 408 g/mol. The second kappa shape index (κ2) is 7.71. The molecule has 2 aliphatic heterocycles. The molecule has 1 aromatic rings. The SMILES string of the molecule is CC(=O)N1CCN(c2ccc(Cl)cc2NC=C2C(=O)OC(C)(C)OC2=O)CC1. The van der Waals surface area contributed by atoms with Gasteiger partial charge in [0.05, 0.1) is 11.4 Å². The van der Waals surface area contributed by atoms with Gasteiger partial charge >= 0.3 is 11.9 Å². The van der Waals surface area contributed by atoms with Gasteiger partial charge in [-0.3, -0.25) is 4.79 Å². The lowest BCUT2D eigenvalue weighted by molar-refractivity contribution is -0.222. The molecule has 8 nitrogen and oxygen atoms in total. The maximum Gasteiger partial charge on any atom is 0.350 e. The predicted octanol–water partition coefficient (Wildman–Crippen LogP) is 2.14. The number of benzene rings is 1. The summed E-state index contributed by atoms with van der Waals surface area (Å²) in [6.07, 6.45) is 1.26. The number of rotatable bonds is 3. The number of esters is 2. The second-order valence-electron chi connectivity index (χ2n) is 7.04. The van der Waals surface area contributed by atoms with Crippen LogP contribution in [0, 0.1) is 0 Å². The predicted molar refractivity (Wildman–Crippen MR) is 104 cm³/mol. The fourth-order valence-corrected chi connectivity index (χ4v) is 3.26. The highest BCUT2D eigenvalue weighted by Crippen LogP contribution is 2.31. The van der Waals surface area contributed by atoms with E-state index in [1.807, 2.05) is 6.07 Å². The molecule has 0 aromatic heterocycles. The molecule has 28 heavy (non-hydrogen) atoms. The van der Waals surface area contributed by atoms with Crippen molar-refractivity contribution in [3.8, 4) is 0 Å². The smallest absolute Gasteiger partial charge is 0.350 e. The van der Waals surface area contributed by atoms with Crippen LogP contribution in [-0.2, 0) is 23.9 Å². The number of nitrogens with one attached hydrogen (secondary N) is 1. The summed E-state index contributed by atoms with van der Waals surface area (Å²) in [7, 11) is 0. The molecule has 2 aliphatic rings. The number of anilines is 2. The van der Waals surface area contributed by atoms with Crippen LogP contribution in [0.25, 0.3) is 0 Å². The number of carbonyl (C=O) groups is 3. The number of piperazine rings is 1. The van der Waals surface area contributed by atoms with Gasteiger partial charge in [-0.1, -0.05) is 11.6 Å². The summed E-state index contributed by atoms with van der Waals surface area (Å²) < 4.78 is 10.2. The van der Waals surface area contributed by atoms with Gasteiger partial charge in [-0.15, -0.1) is 0 Å². The van der Waals surface area contributed by atoms with Gasteiger partial charge in [0.15, 0.2) is 5.57 Å². The Morgan fingerprint density at radius 3 is 2.32 bits per heavy atom. The molecule has 0 spiro atoms. The normalized spacial score (nSPS) is 19.1. The first kappa shape index (κ1) is 20.0. The van der Waals surface area contributed by atoms with E-state index in [0.717, 1.165) is 5.69 Å². The van der Waals surface area contributed by atoms with Crippen LogP contribution < -0.4 is 10.2 Å². The molecule has 0 bridgehead atoms. The van der Waals surface area contributed by atoms with Crippen molar-refractivity contribution in [1.82, 2.24) is 4.90 Å². The topological polar surface area (TPSA) is 88.2 Å². The van der Waals surface area contributed by atoms with E-state index in [9.17, 15) is 14.4 Å². The van der Waals surface area contributed by atoms with Crippen LogP contribution in [0.1, 0.15) is 20.8 Å². The van der Waals surface area contributed by atoms with Crippen LogP contribution in [0.2, 0.25) is 5.02 Å². The molecule has 1 N–H and O–H groups in total. The van der Waals surface area contributed by atoms with Gasteiger partial charge in [-0.2, -0.15) is 0 Å². The zero-order valence-electron chi connectivity index (χ0n) is 16.0. The van der Waals surface area contributed by atoms with Crippen molar-refractivity contribution in [3.05, 3.63) is 35.0 Å². The van der Waals surface area contributed by atoms with Crippen molar-refractivity contribution in [1.29, 1.82) is 0 Å². The highest BCUT2D eigenvalue weighted by Gasteiger charge is 2.39. The number of amides is 1. The van der Waals surface area contributed by atoms with Crippen LogP contribution in [0.3, 0.4) is 0 Å². The number of nitrogens with zero attached hydrogens (tertiary/aromatic N) is 2. The van der Waals surface area contributed by atoms with Crippen molar-refractivity contribution in [3.63, 3.8) is 0 Å². The zero-order valence-corrected chi connectivity index (χ0v) is 16.7. The molecule has 2 fully saturated rings. The third-order valence-corrected chi connectivity index (χ3v) is 4.75. The van der Waals surface area contributed by atoms with Crippen molar-refractivity contribution in [2.45, 2.75) is 26.6 Å². The first-order valence-electron chi connectivity index (χ1n) is 8.90. The average Bonchev–Trinajstić information content (AvgIpc) is 2.60. The molecule has 0 radical (unpaired) electrons. The number of hydrogen-bond acceptors (Lipinski definition) is 7. The van der Waals surface area contributed by atoms with E-state index in [0.29, 0.717) is 36.9 Å². The van der Waals surface area contributed by atoms with E-state index in [4.69, 9.17) is 21.1 Å². The maximum atomic E-state index is 12.1. The first-order valence-corrected chi connectivity index (χ1v) is 9.27. The Kier molecular flexibility index (Phi) is 5.51.